The average Bonchev–Trinajstić information content (AvgIpc) is 2.71. The minimum atomic E-state index is -1.07. The maximum absolute atomic E-state index is 12.3. The summed E-state index contributed by atoms with van der Waals surface area (Å²) in [7, 11) is 5.99. The van der Waals surface area contributed by atoms with Crippen molar-refractivity contribution in [2.24, 2.45) is 0 Å². The van der Waals surface area contributed by atoms with Crippen LogP contribution in [0.25, 0.3) is 0 Å². The molecule has 1 amide bonds. The number of aryl methyl sites for hydroxylation is 1. The largest absolute Gasteiger partial charge is 0.495 e. The molecule has 2 aromatic rings. The molecule has 2 aromatic carbocycles. The van der Waals surface area contributed by atoms with Gasteiger partial charge in [-0.1, -0.05) is 0 Å². The lowest BCUT2D eigenvalue weighted by Gasteiger charge is -2.14. The molecule has 0 aromatic heterocycles. The Labute approximate surface area is 163 Å². The third-order valence-electron chi connectivity index (χ3n) is 4.09. The number of methoxy groups -OCH3 is 4. The molecule has 0 aliphatic rings. The lowest BCUT2D eigenvalue weighted by atomic mass is 10.1. The highest BCUT2D eigenvalue weighted by Crippen LogP contribution is 2.38. The summed E-state index contributed by atoms with van der Waals surface area (Å²) in [6.45, 7) is 0. The van der Waals surface area contributed by atoms with Crippen molar-refractivity contribution in [2.75, 3.05) is 33.8 Å². The monoisotopic (exact) mass is 389 g/mol. The molecule has 0 spiro atoms. The molecule has 0 atom stereocenters. The maximum atomic E-state index is 12.3. The van der Waals surface area contributed by atoms with Gasteiger partial charge in [0.2, 0.25) is 11.7 Å². The van der Waals surface area contributed by atoms with Gasteiger partial charge in [0.25, 0.3) is 0 Å². The molecule has 0 aliphatic heterocycles. The van der Waals surface area contributed by atoms with Gasteiger partial charge < -0.3 is 29.4 Å². The standard InChI is InChI=1S/C20H23NO7/c1-25-15-11-13(20(23)24)6-7-14(15)21-18(22)8-5-12-9-16(26-2)19(28-4)17(10-12)27-3/h6-7,9-11H,5,8H2,1-4H3,(H,21,22)(H,23,24). The molecule has 150 valence electrons. The van der Waals surface area contributed by atoms with E-state index in [1.165, 1.54) is 46.6 Å². The normalized spacial score (nSPS) is 10.1. The fourth-order valence-corrected chi connectivity index (χ4v) is 2.68. The van der Waals surface area contributed by atoms with Gasteiger partial charge in [0.05, 0.1) is 39.7 Å². The molecule has 0 radical (unpaired) electrons. The molecule has 0 saturated heterocycles. The predicted molar refractivity (Wildman–Crippen MR) is 103 cm³/mol. The molecule has 28 heavy (non-hydrogen) atoms. The molecule has 0 bridgehead atoms. The molecule has 2 rings (SSSR count). The van der Waals surface area contributed by atoms with E-state index in [9.17, 15) is 9.59 Å². The van der Waals surface area contributed by atoms with Crippen molar-refractivity contribution < 1.29 is 33.6 Å². The summed E-state index contributed by atoms with van der Waals surface area (Å²) in [5.41, 5.74) is 1.33. The number of aromatic carboxylic acids is 1. The molecule has 8 heteroatoms. The van der Waals surface area contributed by atoms with E-state index >= 15 is 0 Å². The smallest absolute Gasteiger partial charge is 0.335 e. The van der Waals surface area contributed by atoms with Gasteiger partial charge >= 0.3 is 5.97 Å². The number of nitrogens with one attached hydrogen (secondary N) is 1. The Balaban J connectivity index is 2.10. The molecular weight excluding hydrogens is 366 g/mol. The highest BCUT2D eigenvalue weighted by molar-refractivity contribution is 5.94. The number of anilines is 1. The third-order valence-corrected chi connectivity index (χ3v) is 4.09. The number of amides is 1. The number of carbonyl (C=O) groups is 2. The number of carboxylic acid groups (broad SMARTS) is 1. The van der Waals surface area contributed by atoms with Crippen molar-refractivity contribution in [3.8, 4) is 23.0 Å². The van der Waals surface area contributed by atoms with Crippen molar-refractivity contribution in [1.29, 1.82) is 0 Å². The van der Waals surface area contributed by atoms with Crippen molar-refractivity contribution in [1.82, 2.24) is 0 Å². The lowest BCUT2D eigenvalue weighted by molar-refractivity contribution is -0.116. The molecular formula is C20H23NO7. The fourth-order valence-electron chi connectivity index (χ4n) is 2.68. The van der Waals surface area contributed by atoms with Crippen LogP contribution >= 0.6 is 0 Å². The summed E-state index contributed by atoms with van der Waals surface area (Å²) in [6.07, 6.45) is 0.639. The van der Waals surface area contributed by atoms with Crippen LogP contribution in [0.5, 0.6) is 23.0 Å². The topological polar surface area (TPSA) is 103 Å². The van der Waals surface area contributed by atoms with Gasteiger partial charge in [-0.2, -0.15) is 0 Å². The number of hydrogen-bond donors (Lipinski definition) is 2. The minimum Gasteiger partial charge on any atom is -0.495 e. The average molecular weight is 389 g/mol. The number of benzene rings is 2. The van der Waals surface area contributed by atoms with E-state index in [2.05, 4.69) is 5.32 Å². The van der Waals surface area contributed by atoms with Crippen LogP contribution in [0.3, 0.4) is 0 Å². The zero-order valence-electron chi connectivity index (χ0n) is 16.2. The van der Waals surface area contributed by atoms with Crippen LogP contribution in [0.1, 0.15) is 22.3 Å². The Kier molecular flexibility index (Phi) is 7.08. The molecule has 0 heterocycles. The number of ether oxygens (including phenoxy) is 4. The molecule has 2 N–H and O–H groups in total. The summed E-state index contributed by atoms with van der Waals surface area (Å²) in [5, 5.41) is 11.8. The quantitative estimate of drug-likeness (QED) is 0.679. The number of rotatable bonds is 9. The van der Waals surface area contributed by atoms with Crippen LogP contribution in [0, 0.1) is 0 Å². The zero-order chi connectivity index (χ0) is 20.7. The van der Waals surface area contributed by atoms with Crippen molar-refractivity contribution in [3.05, 3.63) is 41.5 Å². The second-order valence-electron chi connectivity index (χ2n) is 5.80. The van der Waals surface area contributed by atoms with Crippen LogP contribution < -0.4 is 24.3 Å². The summed E-state index contributed by atoms with van der Waals surface area (Å²) < 4.78 is 21.1. The van der Waals surface area contributed by atoms with E-state index in [-0.39, 0.29) is 23.6 Å². The summed E-state index contributed by atoms with van der Waals surface area (Å²) >= 11 is 0. The molecule has 0 saturated carbocycles. The Morgan fingerprint density at radius 3 is 2.00 bits per heavy atom. The van der Waals surface area contributed by atoms with Crippen molar-refractivity contribution in [2.45, 2.75) is 12.8 Å². The first-order chi connectivity index (χ1) is 13.4. The minimum absolute atomic E-state index is 0.0762. The first-order valence-electron chi connectivity index (χ1n) is 8.43. The SMILES string of the molecule is COc1cc(C(=O)O)ccc1NC(=O)CCc1cc(OC)c(OC)c(OC)c1. The summed E-state index contributed by atoms with van der Waals surface area (Å²) in [6, 6.07) is 7.84. The van der Waals surface area contributed by atoms with E-state index in [0.29, 0.717) is 29.4 Å². The second kappa shape index (κ2) is 9.50. The van der Waals surface area contributed by atoms with E-state index in [1.54, 1.807) is 12.1 Å². The summed E-state index contributed by atoms with van der Waals surface area (Å²) in [4.78, 5) is 23.4. The Bertz CT molecular complexity index is 839. The van der Waals surface area contributed by atoms with E-state index in [0.717, 1.165) is 5.56 Å². The van der Waals surface area contributed by atoms with E-state index in [1.807, 2.05) is 0 Å². The first-order valence-corrected chi connectivity index (χ1v) is 8.43. The van der Waals surface area contributed by atoms with E-state index in [4.69, 9.17) is 24.1 Å². The van der Waals surface area contributed by atoms with Gasteiger partial charge in [-0.25, -0.2) is 4.79 Å². The highest BCUT2D eigenvalue weighted by Gasteiger charge is 2.15. The van der Waals surface area contributed by atoms with Gasteiger partial charge in [0.1, 0.15) is 5.75 Å². The predicted octanol–water partition coefficient (Wildman–Crippen LogP) is 2.99. The highest BCUT2D eigenvalue weighted by atomic mass is 16.5. The van der Waals surface area contributed by atoms with E-state index < -0.39 is 5.97 Å². The van der Waals surface area contributed by atoms with Crippen LogP contribution in [-0.2, 0) is 11.2 Å². The Hall–Kier alpha value is -3.42. The van der Waals surface area contributed by atoms with Crippen molar-refractivity contribution in [3.63, 3.8) is 0 Å². The van der Waals surface area contributed by atoms with Crippen LogP contribution in [0.2, 0.25) is 0 Å². The van der Waals surface area contributed by atoms with Crippen LogP contribution in [0.15, 0.2) is 30.3 Å². The summed E-state index contributed by atoms with van der Waals surface area (Å²) in [5.74, 6) is 0.488. The Morgan fingerprint density at radius 2 is 1.50 bits per heavy atom. The second-order valence-corrected chi connectivity index (χ2v) is 5.80. The van der Waals surface area contributed by atoms with Gasteiger partial charge in [-0.15, -0.1) is 0 Å². The van der Waals surface area contributed by atoms with Crippen LogP contribution in [-0.4, -0.2) is 45.4 Å². The number of hydrogen-bond acceptors (Lipinski definition) is 6. The van der Waals surface area contributed by atoms with Crippen LogP contribution in [0.4, 0.5) is 5.69 Å². The molecule has 8 nitrogen and oxygen atoms in total. The number of carboxylic acids is 1. The lowest BCUT2D eigenvalue weighted by Crippen LogP contribution is -2.13. The molecule has 0 fully saturated rings. The van der Waals surface area contributed by atoms with Gasteiger partial charge in [0.15, 0.2) is 11.5 Å². The first kappa shape index (κ1) is 20.9. The molecule has 0 unspecified atom stereocenters. The van der Waals surface area contributed by atoms with Crippen molar-refractivity contribution >= 4 is 17.6 Å². The third kappa shape index (κ3) is 4.85. The molecule has 0 aliphatic carbocycles. The fraction of sp³-hybridized carbons (Fsp3) is 0.300. The number of carbonyl (C=O) groups excluding carboxylic acids is 1. The van der Waals surface area contributed by atoms with Gasteiger partial charge in [-0.3, -0.25) is 4.79 Å². The maximum Gasteiger partial charge on any atom is 0.335 e. The van der Waals surface area contributed by atoms with Gasteiger partial charge in [0, 0.05) is 6.42 Å². The Morgan fingerprint density at radius 1 is 0.893 bits per heavy atom. The zero-order valence-corrected chi connectivity index (χ0v) is 16.2. The van der Waals surface area contributed by atoms with Gasteiger partial charge in [-0.05, 0) is 42.3 Å².